The Morgan fingerprint density at radius 3 is 3.15 bits per heavy atom. The molecule has 0 fully saturated rings. The Kier molecular flexibility index (Phi) is 1.93. The van der Waals surface area contributed by atoms with Crippen LogP contribution in [0.25, 0.3) is 0 Å². The third kappa shape index (κ3) is 1.49. The number of carbonyl (C=O) groups is 1. The maximum atomic E-state index is 11.0. The Labute approximate surface area is 76.7 Å². The van der Waals surface area contributed by atoms with Gasteiger partial charge < -0.3 is 10.1 Å². The predicted octanol–water partition coefficient (Wildman–Crippen LogP) is 1.58. The molecule has 1 aliphatic rings. The van der Waals surface area contributed by atoms with Crippen LogP contribution < -0.4 is 10.1 Å². The first-order valence-electron chi connectivity index (χ1n) is 4.35. The summed E-state index contributed by atoms with van der Waals surface area (Å²) in [4.78, 5) is 11.0. The first-order valence-corrected chi connectivity index (χ1v) is 4.35. The van der Waals surface area contributed by atoms with Crippen molar-refractivity contribution in [2.24, 2.45) is 0 Å². The van der Waals surface area contributed by atoms with E-state index in [-0.39, 0.29) is 5.91 Å². The molecule has 0 aliphatic carbocycles. The molecule has 1 heterocycles. The van der Waals surface area contributed by atoms with Gasteiger partial charge in [-0.2, -0.15) is 0 Å². The number of rotatable bonds is 2. The Morgan fingerprint density at radius 2 is 2.38 bits per heavy atom. The summed E-state index contributed by atoms with van der Waals surface area (Å²) in [7, 11) is 0. The molecular weight excluding hydrogens is 166 g/mol. The zero-order valence-electron chi connectivity index (χ0n) is 7.46. The number of fused-ring (bicyclic) bond motifs is 1. The molecule has 3 nitrogen and oxygen atoms in total. The van der Waals surface area contributed by atoms with Gasteiger partial charge in [0.1, 0.15) is 5.75 Å². The second-order valence-electron chi connectivity index (χ2n) is 2.98. The molecule has 0 bridgehead atoms. The lowest BCUT2D eigenvalue weighted by molar-refractivity contribution is -0.115. The number of anilines is 1. The number of benzene rings is 1. The highest BCUT2D eigenvalue weighted by atomic mass is 16.5. The fraction of sp³-hybridized carbons (Fsp3) is 0.300. The van der Waals surface area contributed by atoms with Crippen molar-refractivity contribution in [1.82, 2.24) is 0 Å². The monoisotopic (exact) mass is 177 g/mol. The molecule has 1 aromatic rings. The van der Waals surface area contributed by atoms with Gasteiger partial charge in [0.15, 0.2) is 0 Å². The molecular formula is C10H11NO2. The third-order valence-corrected chi connectivity index (χ3v) is 2.02. The fourth-order valence-corrected chi connectivity index (χ4v) is 1.45. The molecule has 0 radical (unpaired) electrons. The van der Waals surface area contributed by atoms with Gasteiger partial charge in [-0.15, -0.1) is 0 Å². The van der Waals surface area contributed by atoms with E-state index in [4.69, 9.17) is 4.74 Å². The second kappa shape index (κ2) is 3.09. The summed E-state index contributed by atoms with van der Waals surface area (Å²) in [5.41, 5.74) is 1.93. The maximum Gasteiger partial charge on any atom is 0.228 e. The normalized spacial score (nSPS) is 13.8. The molecule has 3 heteroatoms. The first-order chi connectivity index (χ1) is 6.29. The van der Waals surface area contributed by atoms with Crippen molar-refractivity contribution in [1.29, 1.82) is 0 Å². The van der Waals surface area contributed by atoms with Gasteiger partial charge >= 0.3 is 0 Å². The average Bonchev–Trinajstić information content (AvgIpc) is 2.44. The van der Waals surface area contributed by atoms with E-state index in [1.165, 1.54) is 0 Å². The van der Waals surface area contributed by atoms with Crippen molar-refractivity contribution < 1.29 is 9.53 Å². The van der Waals surface area contributed by atoms with E-state index >= 15 is 0 Å². The Morgan fingerprint density at radius 1 is 1.54 bits per heavy atom. The van der Waals surface area contributed by atoms with Crippen molar-refractivity contribution in [3.63, 3.8) is 0 Å². The van der Waals surface area contributed by atoms with Crippen LogP contribution in [0, 0.1) is 0 Å². The first kappa shape index (κ1) is 8.10. The average molecular weight is 177 g/mol. The molecule has 1 N–H and O–H groups in total. The molecule has 13 heavy (non-hydrogen) atoms. The molecule has 0 spiro atoms. The van der Waals surface area contributed by atoms with Crippen molar-refractivity contribution in [3.8, 4) is 5.75 Å². The maximum absolute atomic E-state index is 11.0. The van der Waals surface area contributed by atoms with E-state index in [2.05, 4.69) is 5.32 Å². The van der Waals surface area contributed by atoms with Crippen molar-refractivity contribution in [2.45, 2.75) is 13.3 Å². The van der Waals surface area contributed by atoms with Gasteiger partial charge in [-0.3, -0.25) is 4.79 Å². The number of hydrogen-bond donors (Lipinski definition) is 1. The van der Waals surface area contributed by atoms with E-state index in [1.807, 2.05) is 25.1 Å². The summed E-state index contributed by atoms with van der Waals surface area (Å²) in [6.07, 6.45) is 0.488. The summed E-state index contributed by atoms with van der Waals surface area (Å²) in [5, 5.41) is 2.78. The Bertz CT molecular complexity index is 347. The molecule has 0 saturated heterocycles. The largest absolute Gasteiger partial charge is 0.494 e. The number of nitrogens with one attached hydrogen (secondary N) is 1. The molecule has 2 rings (SSSR count). The highest BCUT2D eigenvalue weighted by Gasteiger charge is 2.17. The van der Waals surface area contributed by atoms with E-state index in [0.717, 1.165) is 17.0 Å². The summed E-state index contributed by atoms with van der Waals surface area (Å²) < 4.78 is 5.32. The summed E-state index contributed by atoms with van der Waals surface area (Å²) in [5.74, 6) is 0.868. The van der Waals surface area contributed by atoms with Gasteiger partial charge in [0, 0.05) is 11.8 Å². The minimum Gasteiger partial charge on any atom is -0.494 e. The van der Waals surface area contributed by atoms with Gasteiger partial charge in [-0.25, -0.2) is 0 Å². The lowest BCUT2D eigenvalue weighted by atomic mass is 10.1. The van der Waals surface area contributed by atoms with Crippen LogP contribution in [-0.2, 0) is 11.2 Å². The van der Waals surface area contributed by atoms with Gasteiger partial charge in [-0.05, 0) is 18.6 Å². The predicted molar refractivity (Wildman–Crippen MR) is 49.9 cm³/mol. The third-order valence-electron chi connectivity index (χ3n) is 2.02. The Balaban J connectivity index is 2.29. The number of hydrogen-bond acceptors (Lipinski definition) is 2. The SMILES string of the molecule is CCOc1ccc2c(c1)NC(=O)C2. The highest BCUT2D eigenvalue weighted by molar-refractivity contribution is 5.99. The molecule has 1 aliphatic heterocycles. The molecule has 0 atom stereocenters. The van der Waals surface area contributed by atoms with Crippen LogP contribution in [0.1, 0.15) is 12.5 Å². The minimum absolute atomic E-state index is 0.0589. The quantitative estimate of drug-likeness (QED) is 0.744. The topological polar surface area (TPSA) is 38.3 Å². The lowest BCUT2D eigenvalue weighted by Crippen LogP contribution is -2.03. The van der Waals surface area contributed by atoms with Crippen molar-refractivity contribution in [2.75, 3.05) is 11.9 Å². The van der Waals surface area contributed by atoms with Gasteiger partial charge in [-0.1, -0.05) is 6.07 Å². The molecule has 0 saturated carbocycles. The van der Waals surface area contributed by atoms with Crippen LogP contribution in [-0.4, -0.2) is 12.5 Å². The number of amides is 1. The smallest absolute Gasteiger partial charge is 0.228 e. The van der Waals surface area contributed by atoms with Crippen LogP contribution in [0.4, 0.5) is 5.69 Å². The van der Waals surface area contributed by atoms with Gasteiger partial charge in [0.05, 0.1) is 13.0 Å². The standard InChI is InChI=1S/C10H11NO2/c1-2-13-8-4-3-7-5-10(12)11-9(7)6-8/h3-4,6H,2,5H2,1H3,(H,11,12). The molecule has 1 aromatic carbocycles. The highest BCUT2D eigenvalue weighted by Crippen LogP contribution is 2.27. The lowest BCUT2D eigenvalue weighted by Gasteiger charge is -2.04. The van der Waals surface area contributed by atoms with Crippen molar-refractivity contribution in [3.05, 3.63) is 23.8 Å². The van der Waals surface area contributed by atoms with Gasteiger partial charge in [0.25, 0.3) is 0 Å². The van der Waals surface area contributed by atoms with Gasteiger partial charge in [0.2, 0.25) is 5.91 Å². The van der Waals surface area contributed by atoms with Crippen LogP contribution in [0.15, 0.2) is 18.2 Å². The van der Waals surface area contributed by atoms with Crippen LogP contribution >= 0.6 is 0 Å². The zero-order chi connectivity index (χ0) is 9.26. The zero-order valence-corrected chi connectivity index (χ0v) is 7.46. The number of carbonyl (C=O) groups excluding carboxylic acids is 1. The Hall–Kier alpha value is -1.51. The van der Waals surface area contributed by atoms with Crippen LogP contribution in [0.5, 0.6) is 5.75 Å². The van der Waals surface area contributed by atoms with Crippen LogP contribution in [0.2, 0.25) is 0 Å². The molecule has 1 amide bonds. The van der Waals surface area contributed by atoms with Crippen LogP contribution in [0.3, 0.4) is 0 Å². The molecule has 0 unspecified atom stereocenters. The van der Waals surface area contributed by atoms with E-state index in [9.17, 15) is 4.79 Å². The number of ether oxygens (including phenoxy) is 1. The van der Waals surface area contributed by atoms with E-state index < -0.39 is 0 Å². The van der Waals surface area contributed by atoms with E-state index in [0.29, 0.717) is 13.0 Å². The summed E-state index contributed by atoms with van der Waals surface area (Å²) >= 11 is 0. The minimum atomic E-state index is 0.0589. The summed E-state index contributed by atoms with van der Waals surface area (Å²) in [6, 6.07) is 5.69. The molecule has 0 aromatic heterocycles. The fourth-order valence-electron chi connectivity index (χ4n) is 1.45. The van der Waals surface area contributed by atoms with E-state index in [1.54, 1.807) is 0 Å². The second-order valence-corrected chi connectivity index (χ2v) is 2.98. The summed E-state index contributed by atoms with van der Waals surface area (Å²) in [6.45, 7) is 2.58. The van der Waals surface area contributed by atoms with Crippen molar-refractivity contribution >= 4 is 11.6 Å². The molecule has 68 valence electrons.